The molecule has 12 N–H and O–H groups in total. The van der Waals surface area contributed by atoms with Crippen LogP contribution in [-0.4, -0.2) is 193 Å². The molecule has 94 heavy (non-hydrogen) atoms. The van der Waals surface area contributed by atoms with E-state index >= 15 is 0 Å². The van der Waals surface area contributed by atoms with Gasteiger partial charge in [0.2, 0.25) is 5.91 Å². The summed E-state index contributed by atoms with van der Waals surface area (Å²) in [5, 5.41) is 121. The summed E-state index contributed by atoms with van der Waals surface area (Å²) in [6, 6.07) is -0.980. The molecule has 0 radical (unpaired) electrons. The fraction of sp³-hybridized carbons (Fsp3) is 0.827. The summed E-state index contributed by atoms with van der Waals surface area (Å²) in [7, 11) is 0. The number of carbonyl (C=O) groups excluding carboxylic acids is 1. The third kappa shape index (κ3) is 36.9. The van der Waals surface area contributed by atoms with Gasteiger partial charge in [-0.2, -0.15) is 0 Å². The van der Waals surface area contributed by atoms with Crippen molar-refractivity contribution in [2.45, 2.75) is 369 Å². The fourth-order valence-corrected chi connectivity index (χ4v) is 12.3. The molecule has 3 aliphatic heterocycles. The number of ether oxygens (including phenoxy) is 6. The van der Waals surface area contributed by atoms with Gasteiger partial charge < -0.3 is 89.9 Å². The molecular weight excluding hydrogens is 1200 g/mol. The quantitative estimate of drug-likeness (QED) is 0.0199. The second-order valence-corrected chi connectivity index (χ2v) is 26.4. The highest BCUT2D eigenvalue weighted by Crippen LogP contribution is 2.33. The van der Waals surface area contributed by atoms with Crippen LogP contribution < -0.4 is 5.32 Å². The van der Waals surface area contributed by atoms with Gasteiger partial charge in [0.1, 0.15) is 73.2 Å². The Bertz CT molecular complexity index is 1980. The summed E-state index contributed by atoms with van der Waals surface area (Å²) in [5.74, 6) is -0.279. The van der Waals surface area contributed by atoms with Crippen LogP contribution in [0.1, 0.15) is 264 Å². The fourth-order valence-electron chi connectivity index (χ4n) is 12.3. The Hall–Kier alpha value is -2.77. The van der Waals surface area contributed by atoms with E-state index in [-0.39, 0.29) is 18.9 Å². The molecule has 0 saturated carbocycles. The van der Waals surface area contributed by atoms with Crippen molar-refractivity contribution in [1.82, 2.24) is 5.32 Å². The Morgan fingerprint density at radius 3 is 1.15 bits per heavy atom. The van der Waals surface area contributed by atoms with Crippen molar-refractivity contribution < 1.29 is 89.4 Å². The number of amides is 1. The molecule has 3 saturated heterocycles. The number of hydrogen-bond donors (Lipinski definition) is 12. The molecule has 0 spiro atoms. The van der Waals surface area contributed by atoms with E-state index in [1.807, 2.05) is 6.08 Å². The molecule has 19 heteroatoms. The predicted molar refractivity (Wildman–Crippen MR) is 369 cm³/mol. The van der Waals surface area contributed by atoms with E-state index in [1.165, 1.54) is 148 Å². The van der Waals surface area contributed by atoms with Gasteiger partial charge in [-0.25, -0.2) is 0 Å². The van der Waals surface area contributed by atoms with Crippen LogP contribution >= 0.6 is 0 Å². The van der Waals surface area contributed by atoms with E-state index < -0.39 is 124 Å². The lowest BCUT2D eigenvalue weighted by molar-refractivity contribution is -0.379. The average molecular weight is 1340 g/mol. The Kier molecular flexibility index (Phi) is 50.9. The van der Waals surface area contributed by atoms with Crippen LogP contribution in [0, 0.1) is 0 Å². The molecular formula is C75H133NO18. The van der Waals surface area contributed by atoms with Crippen LogP contribution in [0.3, 0.4) is 0 Å². The molecule has 0 aliphatic carbocycles. The van der Waals surface area contributed by atoms with Crippen molar-refractivity contribution in [3.63, 3.8) is 0 Å². The van der Waals surface area contributed by atoms with Crippen molar-refractivity contribution >= 4 is 5.91 Å². The molecule has 19 nitrogen and oxygen atoms in total. The first-order valence-corrected chi connectivity index (χ1v) is 37.2. The zero-order valence-electron chi connectivity index (χ0n) is 57.9. The van der Waals surface area contributed by atoms with E-state index in [1.54, 1.807) is 6.08 Å². The molecule has 3 aliphatic rings. The summed E-state index contributed by atoms with van der Waals surface area (Å²) in [4.78, 5) is 13.4. The number of unbranched alkanes of at least 4 members (excludes halogenated alkanes) is 31. The minimum absolute atomic E-state index is 0.236. The van der Waals surface area contributed by atoms with Crippen molar-refractivity contribution in [2.75, 3.05) is 26.4 Å². The standard InChI is InChI=1S/C75H133NO18/c1-3-5-7-9-11-13-15-17-19-21-23-25-27-28-29-30-31-33-35-37-39-41-43-45-47-49-51-53-63(81)76-58(59(80)52-50-48-46-44-42-40-38-36-34-32-26-24-22-20-18-16-14-12-10-8-6-4-2)57-89-73-69(87)66(84)71(61(55-78)91-73)94-75-70(88)67(85)72(62(56-79)92-75)93-74-68(86)65(83)64(82)60(54-77)90-74/h5,7,11,13,17,19,23,25,28-29,50,52,58-62,64-75,77-80,82-88H,3-4,6,8-10,12,14-16,18,20-22,24,26-27,30-49,51,53-57H2,1-2H3,(H,76,81)/b7-5-,13-11-,19-17-,25-23-,29-28-,52-50+. The van der Waals surface area contributed by atoms with Crippen LogP contribution in [-0.2, 0) is 33.2 Å². The van der Waals surface area contributed by atoms with Gasteiger partial charge in [-0.3, -0.25) is 4.79 Å². The van der Waals surface area contributed by atoms with Crippen molar-refractivity contribution in [2.24, 2.45) is 0 Å². The smallest absolute Gasteiger partial charge is 0.220 e. The Morgan fingerprint density at radius 2 is 0.734 bits per heavy atom. The van der Waals surface area contributed by atoms with Gasteiger partial charge in [-0.05, 0) is 64.2 Å². The van der Waals surface area contributed by atoms with E-state index in [9.17, 15) is 61.0 Å². The first-order chi connectivity index (χ1) is 45.8. The van der Waals surface area contributed by atoms with Gasteiger partial charge in [0.25, 0.3) is 0 Å². The molecule has 17 atom stereocenters. The third-order valence-electron chi connectivity index (χ3n) is 18.3. The van der Waals surface area contributed by atoms with Crippen LogP contribution in [0.25, 0.3) is 0 Å². The van der Waals surface area contributed by atoms with Crippen LogP contribution in [0.5, 0.6) is 0 Å². The maximum absolute atomic E-state index is 13.4. The topological polar surface area (TPSA) is 307 Å². The van der Waals surface area contributed by atoms with Crippen molar-refractivity contribution in [3.8, 4) is 0 Å². The number of nitrogens with one attached hydrogen (secondary N) is 1. The lowest BCUT2D eigenvalue weighted by Crippen LogP contribution is -2.66. The van der Waals surface area contributed by atoms with E-state index in [0.29, 0.717) is 6.42 Å². The molecule has 3 rings (SSSR count). The van der Waals surface area contributed by atoms with Crippen LogP contribution in [0.2, 0.25) is 0 Å². The minimum atomic E-state index is -1.98. The monoisotopic (exact) mass is 1340 g/mol. The van der Waals surface area contributed by atoms with Gasteiger partial charge in [0.05, 0.1) is 38.6 Å². The largest absolute Gasteiger partial charge is 0.394 e. The highest BCUT2D eigenvalue weighted by molar-refractivity contribution is 5.76. The summed E-state index contributed by atoms with van der Waals surface area (Å²) < 4.78 is 34.4. The highest BCUT2D eigenvalue weighted by Gasteiger charge is 2.53. The zero-order chi connectivity index (χ0) is 68.2. The number of hydrogen-bond acceptors (Lipinski definition) is 18. The second kappa shape index (κ2) is 56.0. The Labute approximate surface area is 566 Å². The van der Waals surface area contributed by atoms with Gasteiger partial charge in [-0.1, -0.05) is 267 Å². The van der Waals surface area contributed by atoms with Gasteiger partial charge in [0, 0.05) is 6.42 Å². The molecule has 0 aromatic carbocycles. The molecule has 3 fully saturated rings. The van der Waals surface area contributed by atoms with Gasteiger partial charge in [-0.15, -0.1) is 0 Å². The lowest BCUT2D eigenvalue weighted by atomic mass is 9.96. The molecule has 546 valence electrons. The molecule has 0 aromatic heterocycles. The number of aliphatic hydroxyl groups is 11. The molecule has 17 unspecified atom stereocenters. The number of carbonyl (C=O) groups is 1. The molecule has 1 amide bonds. The van der Waals surface area contributed by atoms with Crippen molar-refractivity contribution in [1.29, 1.82) is 0 Å². The van der Waals surface area contributed by atoms with Crippen LogP contribution in [0.15, 0.2) is 72.9 Å². The van der Waals surface area contributed by atoms with Crippen molar-refractivity contribution in [3.05, 3.63) is 72.9 Å². The Morgan fingerprint density at radius 1 is 0.394 bits per heavy atom. The summed E-state index contributed by atoms with van der Waals surface area (Å²) in [6.07, 6.45) is 44.4. The maximum atomic E-state index is 13.4. The van der Waals surface area contributed by atoms with Crippen LogP contribution in [0.4, 0.5) is 0 Å². The first kappa shape index (κ1) is 85.5. The molecule has 0 aromatic rings. The molecule has 3 heterocycles. The van der Waals surface area contributed by atoms with E-state index in [4.69, 9.17) is 28.4 Å². The number of allylic oxidation sites excluding steroid dienone is 11. The normalized spacial score (nSPS) is 27.8. The predicted octanol–water partition coefficient (Wildman–Crippen LogP) is 10.9. The Balaban J connectivity index is 1.42. The zero-order valence-corrected chi connectivity index (χ0v) is 57.9. The molecule has 0 bridgehead atoms. The third-order valence-corrected chi connectivity index (χ3v) is 18.3. The van der Waals surface area contributed by atoms with E-state index in [0.717, 1.165) is 89.9 Å². The van der Waals surface area contributed by atoms with Gasteiger partial charge >= 0.3 is 0 Å². The summed E-state index contributed by atoms with van der Waals surface area (Å²) >= 11 is 0. The summed E-state index contributed by atoms with van der Waals surface area (Å²) in [5.41, 5.74) is 0. The number of rotatable bonds is 57. The van der Waals surface area contributed by atoms with E-state index in [2.05, 4.69) is 79.9 Å². The minimum Gasteiger partial charge on any atom is -0.394 e. The number of aliphatic hydroxyl groups excluding tert-OH is 11. The average Bonchev–Trinajstić information content (AvgIpc) is 0.787. The summed E-state index contributed by atoms with van der Waals surface area (Å²) in [6.45, 7) is 1.64. The first-order valence-electron chi connectivity index (χ1n) is 37.2. The SMILES string of the molecule is CC/C=C\C/C=C\C/C=C\C/C=C\C/C=C\CCCCCCCCCCCCCC(=O)NC(COC1OC(CO)C(OC2OC(CO)C(OC3OC(CO)C(O)C(O)C3O)C(O)C2O)C(O)C1O)C(O)/C=C/CCCCCCCCCCCCCCCCCCCCCC. The maximum Gasteiger partial charge on any atom is 0.220 e. The highest BCUT2D eigenvalue weighted by atomic mass is 16.8. The van der Waals surface area contributed by atoms with Gasteiger partial charge in [0.15, 0.2) is 18.9 Å². The lowest BCUT2D eigenvalue weighted by Gasteiger charge is -2.48. The second-order valence-electron chi connectivity index (χ2n) is 26.4.